The largest absolute Gasteiger partial charge is 0.378 e. The second-order valence-corrected chi connectivity index (χ2v) is 7.31. The van der Waals surface area contributed by atoms with Crippen molar-refractivity contribution in [3.63, 3.8) is 0 Å². The zero-order valence-corrected chi connectivity index (χ0v) is 15.6. The van der Waals surface area contributed by atoms with Crippen LogP contribution in [0.15, 0.2) is 58.7 Å². The van der Waals surface area contributed by atoms with Crippen LogP contribution in [0.1, 0.15) is 11.4 Å². The summed E-state index contributed by atoms with van der Waals surface area (Å²) in [5.41, 5.74) is 3.71. The second-order valence-electron chi connectivity index (χ2n) is 6.04. The Morgan fingerprint density at radius 2 is 1.88 bits per heavy atom. The zero-order valence-electron chi connectivity index (χ0n) is 14.0. The van der Waals surface area contributed by atoms with Crippen molar-refractivity contribution in [1.29, 1.82) is 0 Å². The smallest absolute Gasteiger partial charge is 0.260 e. The zero-order chi connectivity index (χ0) is 18.1. The predicted octanol–water partition coefficient (Wildman–Crippen LogP) is 5.23. The van der Waals surface area contributed by atoms with E-state index in [1.165, 1.54) is 16.9 Å². The van der Waals surface area contributed by atoms with Gasteiger partial charge >= 0.3 is 0 Å². The van der Waals surface area contributed by atoms with Gasteiger partial charge in [-0.25, -0.2) is 4.98 Å². The molecule has 2 N–H and O–H groups in total. The normalized spacial score (nSPS) is 11.0. The molecular formula is C20H16ClN3OS. The maximum atomic E-state index is 12.7. The first-order chi connectivity index (χ1) is 12.6. The number of benzene rings is 2. The minimum Gasteiger partial charge on any atom is -0.378 e. The summed E-state index contributed by atoms with van der Waals surface area (Å²) in [6.45, 7) is 2.50. The van der Waals surface area contributed by atoms with Crippen molar-refractivity contribution >= 4 is 38.8 Å². The predicted molar refractivity (Wildman–Crippen MR) is 109 cm³/mol. The molecule has 0 saturated heterocycles. The SMILES string of the molecule is Cc1ccc(NCc2nc3scc(-c4ccccc4Cl)c3c(=O)[nH]2)cc1. The number of nitrogens with zero attached hydrogens (tertiary/aromatic N) is 1. The number of fused-ring (bicyclic) bond motifs is 1. The van der Waals surface area contributed by atoms with Crippen LogP contribution in [0.4, 0.5) is 5.69 Å². The third kappa shape index (κ3) is 3.23. The van der Waals surface area contributed by atoms with Crippen molar-refractivity contribution < 1.29 is 0 Å². The molecule has 0 unspecified atom stereocenters. The maximum Gasteiger partial charge on any atom is 0.260 e. The van der Waals surface area contributed by atoms with Crippen molar-refractivity contribution in [3.05, 3.63) is 80.7 Å². The topological polar surface area (TPSA) is 57.8 Å². The number of rotatable bonds is 4. The van der Waals surface area contributed by atoms with Gasteiger partial charge < -0.3 is 10.3 Å². The fourth-order valence-corrected chi connectivity index (χ4v) is 4.01. The lowest BCUT2D eigenvalue weighted by atomic mass is 10.1. The van der Waals surface area contributed by atoms with Crippen LogP contribution in [0.25, 0.3) is 21.3 Å². The number of H-pyrrole nitrogens is 1. The molecule has 4 aromatic rings. The summed E-state index contributed by atoms with van der Waals surface area (Å²) in [7, 11) is 0. The molecule has 0 bridgehead atoms. The van der Waals surface area contributed by atoms with Crippen molar-refractivity contribution in [3.8, 4) is 11.1 Å². The van der Waals surface area contributed by atoms with Crippen LogP contribution in [-0.2, 0) is 6.54 Å². The second kappa shape index (κ2) is 6.94. The number of aromatic nitrogens is 2. The van der Waals surface area contributed by atoms with Gasteiger partial charge in [0.05, 0.1) is 11.9 Å². The van der Waals surface area contributed by atoms with E-state index < -0.39 is 0 Å². The summed E-state index contributed by atoms with van der Waals surface area (Å²) < 4.78 is 0. The van der Waals surface area contributed by atoms with E-state index in [-0.39, 0.29) is 5.56 Å². The minimum atomic E-state index is -0.146. The van der Waals surface area contributed by atoms with Gasteiger partial charge in [0, 0.05) is 27.2 Å². The Labute approximate surface area is 159 Å². The summed E-state index contributed by atoms with van der Waals surface area (Å²) in [6, 6.07) is 15.6. The molecule has 2 aromatic carbocycles. The molecule has 2 aromatic heterocycles. The number of aromatic amines is 1. The molecule has 2 heterocycles. The van der Waals surface area contributed by atoms with Gasteiger partial charge in [0.1, 0.15) is 10.7 Å². The molecule has 0 atom stereocenters. The van der Waals surface area contributed by atoms with Crippen molar-refractivity contribution in [2.45, 2.75) is 13.5 Å². The summed E-state index contributed by atoms with van der Waals surface area (Å²) in [5, 5.41) is 6.42. The Bertz CT molecular complexity index is 1130. The molecule has 4 nitrogen and oxygen atoms in total. The Morgan fingerprint density at radius 1 is 1.12 bits per heavy atom. The molecule has 26 heavy (non-hydrogen) atoms. The Morgan fingerprint density at radius 3 is 2.65 bits per heavy atom. The fourth-order valence-electron chi connectivity index (χ4n) is 2.81. The highest BCUT2D eigenvalue weighted by molar-refractivity contribution is 7.17. The van der Waals surface area contributed by atoms with Crippen LogP contribution in [-0.4, -0.2) is 9.97 Å². The summed E-state index contributed by atoms with van der Waals surface area (Å²) in [6.07, 6.45) is 0. The number of hydrogen-bond donors (Lipinski definition) is 2. The highest BCUT2D eigenvalue weighted by Crippen LogP contribution is 2.34. The first-order valence-electron chi connectivity index (χ1n) is 8.17. The molecule has 0 fully saturated rings. The number of hydrogen-bond acceptors (Lipinski definition) is 4. The van der Waals surface area contributed by atoms with E-state index >= 15 is 0 Å². The third-order valence-corrected chi connectivity index (χ3v) is 5.37. The summed E-state index contributed by atoms with van der Waals surface area (Å²) in [4.78, 5) is 20.9. The van der Waals surface area contributed by atoms with Crippen molar-refractivity contribution in [2.75, 3.05) is 5.32 Å². The number of anilines is 1. The number of thiophene rings is 1. The van der Waals surface area contributed by atoms with Gasteiger partial charge in [-0.2, -0.15) is 0 Å². The van der Waals surface area contributed by atoms with Crippen LogP contribution in [0, 0.1) is 6.92 Å². The van der Waals surface area contributed by atoms with E-state index in [1.807, 2.05) is 60.8 Å². The van der Waals surface area contributed by atoms with Gasteiger partial charge in [-0.1, -0.05) is 47.5 Å². The van der Waals surface area contributed by atoms with Crippen LogP contribution >= 0.6 is 22.9 Å². The van der Waals surface area contributed by atoms with E-state index in [0.29, 0.717) is 27.6 Å². The minimum absolute atomic E-state index is 0.146. The third-order valence-electron chi connectivity index (χ3n) is 4.17. The van der Waals surface area contributed by atoms with Crippen LogP contribution in [0.5, 0.6) is 0 Å². The molecule has 4 rings (SSSR count). The van der Waals surface area contributed by atoms with Crippen molar-refractivity contribution in [1.82, 2.24) is 9.97 Å². The molecule has 130 valence electrons. The summed E-state index contributed by atoms with van der Waals surface area (Å²) in [5.74, 6) is 0.607. The van der Waals surface area contributed by atoms with Gasteiger partial charge in [-0.05, 0) is 25.1 Å². The van der Waals surface area contributed by atoms with E-state index in [1.54, 1.807) is 0 Å². The highest BCUT2D eigenvalue weighted by Gasteiger charge is 2.14. The lowest BCUT2D eigenvalue weighted by molar-refractivity contribution is 0.957. The first kappa shape index (κ1) is 16.8. The fraction of sp³-hybridized carbons (Fsp3) is 0.100. The molecular weight excluding hydrogens is 366 g/mol. The lowest BCUT2D eigenvalue weighted by Gasteiger charge is -2.07. The quantitative estimate of drug-likeness (QED) is 0.509. The number of aryl methyl sites for hydroxylation is 1. The van der Waals surface area contributed by atoms with Crippen LogP contribution in [0.2, 0.25) is 5.02 Å². The average Bonchev–Trinajstić information content (AvgIpc) is 3.06. The standard InChI is InChI=1S/C20H16ClN3OS/c1-12-6-8-13(9-7-12)22-10-17-23-19(25)18-15(11-26-20(18)24-17)14-4-2-3-5-16(14)21/h2-9,11,22H,10H2,1H3,(H,23,24,25). The monoisotopic (exact) mass is 381 g/mol. The molecule has 0 aliphatic heterocycles. The molecule has 0 amide bonds. The lowest BCUT2D eigenvalue weighted by Crippen LogP contribution is -2.14. The molecule has 0 aliphatic carbocycles. The molecule has 6 heteroatoms. The van der Waals surface area contributed by atoms with Gasteiger partial charge in [-0.15, -0.1) is 11.3 Å². The van der Waals surface area contributed by atoms with E-state index in [2.05, 4.69) is 15.3 Å². The van der Waals surface area contributed by atoms with E-state index in [0.717, 1.165) is 16.8 Å². The van der Waals surface area contributed by atoms with Gasteiger partial charge in [0.25, 0.3) is 5.56 Å². The molecule has 0 aliphatic rings. The van der Waals surface area contributed by atoms with E-state index in [9.17, 15) is 4.79 Å². The molecule has 0 saturated carbocycles. The average molecular weight is 382 g/mol. The Kier molecular flexibility index (Phi) is 4.49. The molecule has 0 radical (unpaired) electrons. The highest BCUT2D eigenvalue weighted by atomic mass is 35.5. The van der Waals surface area contributed by atoms with Gasteiger partial charge in [-0.3, -0.25) is 4.79 Å². The number of nitrogens with one attached hydrogen (secondary N) is 2. The van der Waals surface area contributed by atoms with Crippen LogP contribution < -0.4 is 10.9 Å². The maximum absolute atomic E-state index is 12.7. The van der Waals surface area contributed by atoms with Crippen molar-refractivity contribution in [2.24, 2.45) is 0 Å². The number of halogens is 1. The summed E-state index contributed by atoms with van der Waals surface area (Å²) >= 11 is 7.74. The first-order valence-corrected chi connectivity index (χ1v) is 9.43. The van der Waals surface area contributed by atoms with Crippen LogP contribution in [0.3, 0.4) is 0 Å². The van der Waals surface area contributed by atoms with E-state index in [4.69, 9.17) is 11.6 Å². The Hall–Kier alpha value is -2.63. The van der Waals surface area contributed by atoms with Gasteiger partial charge in [0.2, 0.25) is 0 Å². The van der Waals surface area contributed by atoms with Gasteiger partial charge in [0.15, 0.2) is 0 Å². The molecule has 0 spiro atoms. The Balaban J connectivity index is 1.67.